The van der Waals surface area contributed by atoms with Gasteiger partial charge in [0.2, 0.25) is 5.91 Å². The number of hydrogen-bond donors (Lipinski definition) is 3. The molecule has 4 N–H and O–H groups in total. The van der Waals surface area contributed by atoms with Crippen molar-refractivity contribution < 1.29 is 34.2 Å². The Balaban J connectivity index is 1.41. The van der Waals surface area contributed by atoms with Crippen LogP contribution in [0.1, 0.15) is 40.1 Å². The van der Waals surface area contributed by atoms with Crippen LogP contribution in [0.15, 0.2) is 24.3 Å². The number of ketones is 4. The number of likely N-dealkylation sites (N-methyl/N-ethyl adjacent to an activating group) is 1. The number of fused-ring (bicyclic) bond motifs is 3. The molecule has 3 fully saturated rings. The van der Waals surface area contributed by atoms with Crippen LogP contribution >= 0.6 is 11.3 Å². The molecule has 3 aliphatic carbocycles. The summed E-state index contributed by atoms with van der Waals surface area (Å²) in [5.74, 6) is -10.3. The molecule has 1 aromatic carbocycles. The van der Waals surface area contributed by atoms with Gasteiger partial charge in [-0.15, -0.1) is 11.3 Å². The van der Waals surface area contributed by atoms with Crippen molar-refractivity contribution in [2.24, 2.45) is 29.4 Å². The van der Waals surface area contributed by atoms with Gasteiger partial charge in [0.05, 0.1) is 17.5 Å². The van der Waals surface area contributed by atoms with E-state index in [2.05, 4.69) is 11.0 Å². The maximum Gasteiger partial charge on any atom is 0.235 e. The summed E-state index contributed by atoms with van der Waals surface area (Å²) in [7, 11) is 3.14. The molecule has 0 radical (unpaired) electrons. The number of phenolic OH excluding ortho intramolecular Hbond substituents is 1. The van der Waals surface area contributed by atoms with Gasteiger partial charge in [-0.25, -0.2) is 0 Å². The van der Waals surface area contributed by atoms with Crippen molar-refractivity contribution in [1.82, 2.24) is 9.80 Å². The molecular formula is C30H33N3O7S. The van der Waals surface area contributed by atoms with Crippen molar-refractivity contribution in [2.45, 2.75) is 43.9 Å². The lowest BCUT2D eigenvalue weighted by atomic mass is 9.52. The number of carbonyl (C=O) groups excluding carboxylic acids is 5. The molecule has 11 heteroatoms. The molecule has 1 aliphatic heterocycles. The molecule has 10 nitrogen and oxygen atoms in total. The fourth-order valence-electron chi connectivity index (χ4n) is 7.60. The van der Waals surface area contributed by atoms with Crippen LogP contribution in [0.5, 0.6) is 5.75 Å². The van der Waals surface area contributed by atoms with Crippen LogP contribution in [0.3, 0.4) is 0 Å². The van der Waals surface area contributed by atoms with Gasteiger partial charge in [-0.1, -0.05) is 0 Å². The zero-order chi connectivity index (χ0) is 29.4. The highest BCUT2D eigenvalue weighted by atomic mass is 32.1. The van der Waals surface area contributed by atoms with E-state index in [0.29, 0.717) is 5.56 Å². The van der Waals surface area contributed by atoms with Crippen molar-refractivity contribution in [3.05, 3.63) is 40.3 Å². The number of likely N-dealkylation sites (tertiary alicyclic amines) is 1. The SMILES string of the molecule is CN(C)C1C(=O)C(C(N)=O)C(=O)C2(O)C(=O)C3C(=O)c4c(O)ccc(-c5ccc(CN6CCCC6)s5)c4CC3CC12. The van der Waals surface area contributed by atoms with E-state index in [1.807, 2.05) is 6.07 Å². The molecule has 41 heavy (non-hydrogen) atoms. The quantitative estimate of drug-likeness (QED) is 0.443. The highest BCUT2D eigenvalue weighted by Crippen LogP contribution is 2.52. The largest absolute Gasteiger partial charge is 0.507 e. The van der Waals surface area contributed by atoms with Gasteiger partial charge in [0, 0.05) is 22.2 Å². The number of rotatable bonds is 5. The third-order valence-corrected chi connectivity index (χ3v) is 10.6. The first kappa shape index (κ1) is 27.9. The number of primary amides is 1. The molecule has 6 atom stereocenters. The smallest absolute Gasteiger partial charge is 0.235 e. The number of amides is 1. The lowest BCUT2D eigenvalue weighted by Crippen LogP contribution is -2.74. The van der Waals surface area contributed by atoms with Crippen molar-refractivity contribution in [2.75, 3.05) is 27.2 Å². The lowest BCUT2D eigenvalue weighted by Gasteiger charge is -2.52. The number of carbonyl (C=O) groups is 5. The summed E-state index contributed by atoms with van der Waals surface area (Å²) >= 11 is 1.63. The van der Waals surface area contributed by atoms with Gasteiger partial charge in [0.25, 0.3) is 0 Å². The summed E-state index contributed by atoms with van der Waals surface area (Å²) in [6.45, 7) is 2.99. The topological polar surface area (TPSA) is 158 Å². The minimum absolute atomic E-state index is 0.0172. The molecule has 1 saturated heterocycles. The number of benzene rings is 1. The highest BCUT2D eigenvalue weighted by Gasteiger charge is 2.69. The predicted molar refractivity (Wildman–Crippen MR) is 149 cm³/mol. The minimum atomic E-state index is -2.72. The van der Waals surface area contributed by atoms with Crippen LogP contribution in [-0.4, -0.2) is 87.9 Å². The number of nitrogens with two attached hydrogens (primary N) is 1. The molecule has 1 aromatic heterocycles. The summed E-state index contributed by atoms with van der Waals surface area (Å²) in [6, 6.07) is 6.18. The van der Waals surface area contributed by atoms with Crippen molar-refractivity contribution in [3.63, 3.8) is 0 Å². The van der Waals surface area contributed by atoms with E-state index in [4.69, 9.17) is 5.73 Å². The summed E-state index contributed by atoms with van der Waals surface area (Å²) in [5.41, 5.74) is 4.09. The van der Waals surface area contributed by atoms with Gasteiger partial charge in [-0.05, 0) is 94.2 Å². The Hall–Kier alpha value is -3.25. The van der Waals surface area contributed by atoms with Crippen LogP contribution < -0.4 is 5.73 Å². The number of phenols is 1. The Morgan fingerprint density at radius 1 is 1.10 bits per heavy atom. The Morgan fingerprint density at radius 3 is 2.46 bits per heavy atom. The first-order valence-corrected chi connectivity index (χ1v) is 14.8. The second-order valence-electron chi connectivity index (χ2n) is 12.0. The summed E-state index contributed by atoms with van der Waals surface area (Å²) in [4.78, 5) is 72.7. The normalized spacial score (nSPS) is 31.8. The average Bonchev–Trinajstić information content (AvgIpc) is 3.59. The van der Waals surface area contributed by atoms with Crippen LogP contribution in [0.4, 0.5) is 0 Å². The maximum absolute atomic E-state index is 14.0. The van der Waals surface area contributed by atoms with E-state index in [1.54, 1.807) is 31.5 Å². The van der Waals surface area contributed by atoms with E-state index < -0.39 is 64.4 Å². The van der Waals surface area contributed by atoms with Crippen molar-refractivity contribution >= 4 is 40.4 Å². The number of aliphatic hydroxyl groups is 1. The summed E-state index contributed by atoms with van der Waals surface area (Å²) in [6.07, 6.45) is 2.66. The number of hydrogen-bond acceptors (Lipinski definition) is 10. The van der Waals surface area contributed by atoms with E-state index in [1.165, 1.54) is 28.7 Å². The van der Waals surface area contributed by atoms with Gasteiger partial charge in [-0.3, -0.25) is 33.8 Å². The summed E-state index contributed by atoms with van der Waals surface area (Å²) in [5, 5.41) is 22.5. The van der Waals surface area contributed by atoms with E-state index in [9.17, 15) is 34.2 Å². The standard InChI is InChI=1S/C30H33N3O7S/c1-32(2)24-18-12-14-11-17-16(20-8-5-15(41-20)13-33-9-3-4-10-33)6-7-19(34)22(17)25(35)21(14)27(37)30(18,40)28(38)23(26(24)36)29(31)39/h5-8,14,18,21,23-24,34,40H,3-4,9-13H2,1-2H3,(H2,31,39). The average molecular weight is 580 g/mol. The Kier molecular flexibility index (Phi) is 6.76. The monoisotopic (exact) mass is 579 g/mol. The van der Waals surface area contributed by atoms with Crippen LogP contribution in [0.2, 0.25) is 0 Å². The molecule has 1 amide bonds. The van der Waals surface area contributed by atoms with Crippen molar-refractivity contribution in [3.8, 4) is 16.2 Å². The zero-order valence-corrected chi connectivity index (χ0v) is 23.8. The fourth-order valence-corrected chi connectivity index (χ4v) is 8.71. The number of nitrogens with zero attached hydrogens (tertiary/aromatic N) is 2. The Labute approximate surface area is 241 Å². The van der Waals surface area contributed by atoms with Gasteiger partial charge >= 0.3 is 0 Å². The van der Waals surface area contributed by atoms with Gasteiger partial charge in [0.1, 0.15) is 5.75 Å². The number of aromatic hydroxyl groups is 1. The first-order chi connectivity index (χ1) is 19.4. The molecule has 6 unspecified atom stereocenters. The third kappa shape index (κ3) is 4.12. The number of thiophene rings is 1. The second-order valence-corrected chi connectivity index (χ2v) is 13.2. The molecular weight excluding hydrogens is 546 g/mol. The fraction of sp³-hybridized carbons (Fsp3) is 0.500. The third-order valence-electron chi connectivity index (χ3n) is 9.45. The number of Topliss-reactive ketones (excluding diaryl/α,β-unsaturated/α-hetero) is 4. The Morgan fingerprint density at radius 2 is 1.80 bits per heavy atom. The zero-order valence-electron chi connectivity index (χ0n) is 23.0. The van der Waals surface area contributed by atoms with E-state index in [0.717, 1.165) is 30.1 Å². The molecule has 216 valence electrons. The highest BCUT2D eigenvalue weighted by molar-refractivity contribution is 7.15. The molecule has 4 aliphatic rings. The van der Waals surface area contributed by atoms with E-state index >= 15 is 0 Å². The molecule has 2 heterocycles. The molecule has 2 saturated carbocycles. The molecule has 2 aromatic rings. The maximum atomic E-state index is 14.0. The summed E-state index contributed by atoms with van der Waals surface area (Å²) < 4.78 is 0. The molecule has 6 rings (SSSR count). The van der Waals surface area contributed by atoms with Gasteiger partial charge in [-0.2, -0.15) is 0 Å². The van der Waals surface area contributed by atoms with Crippen LogP contribution in [0, 0.1) is 23.7 Å². The van der Waals surface area contributed by atoms with Crippen molar-refractivity contribution in [1.29, 1.82) is 0 Å². The Bertz CT molecular complexity index is 1490. The lowest BCUT2D eigenvalue weighted by molar-refractivity contribution is -0.181. The van der Waals surface area contributed by atoms with Gasteiger partial charge in [0.15, 0.2) is 34.7 Å². The first-order valence-electron chi connectivity index (χ1n) is 14.0. The molecule has 0 spiro atoms. The predicted octanol–water partition coefficient (Wildman–Crippen LogP) is 1.19. The second kappa shape index (κ2) is 9.94. The van der Waals surface area contributed by atoms with E-state index in [-0.39, 0.29) is 24.2 Å². The van der Waals surface area contributed by atoms with Crippen LogP contribution in [-0.2, 0) is 32.1 Å². The minimum Gasteiger partial charge on any atom is -0.507 e. The van der Waals surface area contributed by atoms with Gasteiger partial charge < -0.3 is 15.9 Å². The van der Waals surface area contributed by atoms with Crippen LogP contribution in [0.25, 0.3) is 10.4 Å². The molecule has 0 bridgehead atoms.